The van der Waals surface area contributed by atoms with Gasteiger partial charge < -0.3 is 5.11 Å². The van der Waals surface area contributed by atoms with E-state index in [1.165, 1.54) is 18.2 Å². The topological polar surface area (TPSA) is 107 Å². The molecule has 1 unspecified atom stereocenters. The summed E-state index contributed by atoms with van der Waals surface area (Å²) in [6.45, 7) is 1.69. The fraction of sp³-hybridized carbons (Fsp3) is 0.385. The maximum absolute atomic E-state index is 12.0. The molecule has 2 N–H and O–H groups in total. The quantitative estimate of drug-likeness (QED) is 0.743. The Bertz CT molecular complexity index is 667. The van der Waals surface area contributed by atoms with Crippen LogP contribution in [-0.4, -0.2) is 26.0 Å². The number of carboxylic acid groups (broad SMARTS) is 1. The second-order valence-electron chi connectivity index (χ2n) is 4.54. The summed E-state index contributed by atoms with van der Waals surface area (Å²) in [4.78, 5) is 10.5. The van der Waals surface area contributed by atoms with Crippen LogP contribution in [0.5, 0.6) is 0 Å². The largest absolute Gasteiger partial charge is 0.481 e. The first-order valence-corrected chi connectivity index (χ1v) is 8.06. The minimum atomic E-state index is -3.77. The Balaban J connectivity index is 2.66. The van der Waals surface area contributed by atoms with Gasteiger partial charge in [0.25, 0.3) is 0 Å². The minimum absolute atomic E-state index is 0.0274. The molecule has 0 saturated carbocycles. The van der Waals surface area contributed by atoms with Crippen molar-refractivity contribution in [3.05, 3.63) is 28.8 Å². The van der Waals surface area contributed by atoms with Crippen molar-refractivity contribution < 1.29 is 18.3 Å². The number of nitrogens with one attached hydrogen (secondary N) is 1. The molecule has 0 fully saturated rings. The van der Waals surface area contributed by atoms with E-state index in [1.54, 1.807) is 6.92 Å². The molecule has 0 aromatic heterocycles. The molecule has 0 aliphatic heterocycles. The molecule has 21 heavy (non-hydrogen) atoms. The molecule has 0 saturated heterocycles. The second kappa shape index (κ2) is 7.41. The van der Waals surface area contributed by atoms with Crippen LogP contribution in [0.3, 0.4) is 0 Å². The van der Waals surface area contributed by atoms with Crippen LogP contribution in [0.15, 0.2) is 23.1 Å². The predicted molar refractivity (Wildman–Crippen MR) is 77.4 cm³/mol. The Morgan fingerprint density at radius 1 is 1.52 bits per heavy atom. The lowest BCUT2D eigenvalue weighted by atomic mass is 10.1. The molecule has 0 aliphatic carbocycles. The number of benzene rings is 1. The minimum Gasteiger partial charge on any atom is -0.481 e. The van der Waals surface area contributed by atoms with E-state index >= 15 is 0 Å². The third kappa shape index (κ3) is 5.01. The van der Waals surface area contributed by atoms with Crippen LogP contribution in [-0.2, 0) is 14.8 Å². The van der Waals surface area contributed by atoms with Crippen molar-refractivity contribution in [2.24, 2.45) is 5.92 Å². The summed E-state index contributed by atoms with van der Waals surface area (Å²) in [6.07, 6.45) is 0.777. The Labute approximate surface area is 128 Å². The maximum Gasteiger partial charge on any atom is 0.306 e. The van der Waals surface area contributed by atoms with E-state index in [-0.39, 0.29) is 22.0 Å². The number of carbonyl (C=O) groups is 1. The van der Waals surface area contributed by atoms with Gasteiger partial charge in [-0.05, 0) is 31.0 Å². The summed E-state index contributed by atoms with van der Waals surface area (Å²) in [5.41, 5.74) is 0.272. The van der Waals surface area contributed by atoms with E-state index in [9.17, 15) is 13.2 Å². The maximum atomic E-state index is 12.0. The third-order valence-electron chi connectivity index (χ3n) is 2.88. The molecule has 0 heterocycles. The zero-order valence-electron chi connectivity index (χ0n) is 11.3. The zero-order chi connectivity index (χ0) is 16.0. The SMILES string of the molecule is CC(CCCNS(=O)(=O)c1ccc(C#N)cc1Cl)C(=O)O. The lowest BCUT2D eigenvalue weighted by Gasteiger charge is -2.09. The normalized spacial score (nSPS) is 12.6. The Morgan fingerprint density at radius 2 is 2.19 bits per heavy atom. The fourth-order valence-electron chi connectivity index (χ4n) is 1.60. The Kier molecular flexibility index (Phi) is 6.15. The van der Waals surface area contributed by atoms with Crippen LogP contribution in [0.1, 0.15) is 25.3 Å². The van der Waals surface area contributed by atoms with E-state index in [2.05, 4.69) is 4.72 Å². The van der Waals surface area contributed by atoms with E-state index in [4.69, 9.17) is 22.0 Å². The van der Waals surface area contributed by atoms with Gasteiger partial charge in [0.15, 0.2) is 0 Å². The summed E-state index contributed by atoms with van der Waals surface area (Å²) in [6, 6.07) is 5.78. The number of nitriles is 1. The monoisotopic (exact) mass is 330 g/mol. The molecular formula is C13H15ClN2O4S. The number of sulfonamides is 1. The van der Waals surface area contributed by atoms with Gasteiger partial charge in [-0.3, -0.25) is 4.79 Å². The van der Waals surface area contributed by atoms with E-state index in [0.717, 1.165) is 0 Å². The first kappa shape index (κ1) is 17.4. The molecular weight excluding hydrogens is 316 g/mol. The molecule has 0 bridgehead atoms. The summed E-state index contributed by atoms with van der Waals surface area (Å²) in [5, 5.41) is 17.4. The van der Waals surface area contributed by atoms with Gasteiger partial charge in [0.2, 0.25) is 10.0 Å². The fourth-order valence-corrected chi connectivity index (χ4v) is 3.22. The van der Waals surface area contributed by atoms with Crippen molar-refractivity contribution in [1.82, 2.24) is 4.72 Å². The lowest BCUT2D eigenvalue weighted by Crippen LogP contribution is -2.25. The smallest absolute Gasteiger partial charge is 0.306 e. The molecule has 8 heteroatoms. The van der Waals surface area contributed by atoms with Gasteiger partial charge >= 0.3 is 5.97 Å². The van der Waals surface area contributed by atoms with Crippen LogP contribution in [0.2, 0.25) is 5.02 Å². The number of hydrogen-bond acceptors (Lipinski definition) is 4. The first-order chi connectivity index (χ1) is 9.77. The first-order valence-electron chi connectivity index (χ1n) is 6.20. The van der Waals surface area contributed by atoms with E-state index < -0.39 is 21.9 Å². The zero-order valence-corrected chi connectivity index (χ0v) is 12.9. The Morgan fingerprint density at radius 3 is 2.71 bits per heavy atom. The molecule has 1 atom stereocenters. The molecule has 0 radical (unpaired) electrons. The predicted octanol–water partition coefficient (Wildman–Crippen LogP) is 1.99. The van der Waals surface area contributed by atoms with E-state index in [1.807, 2.05) is 6.07 Å². The van der Waals surface area contributed by atoms with Crippen LogP contribution in [0.25, 0.3) is 0 Å². The van der Waals surface area contributed by atoms with Crippen LogP contribution < -0.4 is 4.72 Å². The second-order valence-corrected chi connectivity index (χ2v) is 6.68. The van der Waals surface area contributed by atoms with Gasteiger partial charge in [-0.25, -0.2) is 13.1 Å². The van der Waals surface area contributed by atoms with Gasteiger partial charge in [-0.1, -0.05) is 18.5 Å². The van der Waals surface area contributed by atoms with Crippen LogP contribution >= 0.6 is 11.6 Å². The van der Waals surface area contributed by atoms with Crippen molar-refractivity contribution in [2.75, 3.05) is 6.54 Å². The van der Waals surface area contributed by atoms with Gasteiger partial charge in [0.05, 0.1) is 22.6 Å². The highest BCUT2D eigenvalue weighted by Gasteiger charge is 2.18. The molecule has 0 aliphatic rings. The van der Waals surface area contributed by atoms with Crippen LogP contribution in [0, 0.1) is 17.2 Å². The van der Waals surface area contributed by atoms with Crippen molar-refractivity contribution in [2.45, 2.75) is 24.7 Å². The van der Waals surface area contributed by atoms with Crippen molar-refractivity contribution in [3.63, 3.8) is 0 Å². The van der Waals surface area contributed by atoms with Gasteiger partial charge in [-0.15, -0.1) is 0 Å². The van der Waals surface area contributed by atoms with Crippen molar-refractivity contribution in [3.8, 4) is 6.07 Å². The number of carboxylic acids is 1. The number of halogens is 1. The highest BCUT2D eigenvalue weighted by atomic mass is 35.5. The standard InChI is InChI=1S/C13H15ClN2O4S/c1-9(13(17)18)3-2-6-16-21(19,20)12-5-4-10(8-15)7-11(12)14/h4-5,7,9,16H,2-3,6H2,1H3,(H,17,18). The third-order valence-corrected chi connectivity index (χ3v) is 4.82. The van der Waals surface area contributed by atoms with Crippen molar-refractivity contribution >= 4 is 27.6 Å². The number of rotatable bonds is 7. The van der Waals surface area contributed by atoms with Gasteiger partial charge in [-0.2, -0.15) is 5.26 Å². The lowest BCUT2D eigenvalue weighted by molar-refractivity contribution is -0.141. The summed E-state index contributed by atoms with van der Waals surface area (Å²) < 4.78 is 26.4. The van der Waals surface area contributed by atoms with Gasteiger partial charge in [0.1, 0.15) is 4.90 Å². The van der Waals surface area contributed by atoms with Crippen molar-refractivity contribution in [1.29, 1.82) is 5.26 Å². The highest BCUT2D eigenvalue weighted by molar-refractivity contribution is 7.89. The number of nitrogens with zero attached hydrogens (tertiary/aromatic N) is 1. The average molecular weight is 331 g/mol. The molecule has 1 aromatic rings. The average Bonchev–Trinajstić information content (AvgIpc) is 2.42. The summed E-state index contributed by atoms with van der Waals surface area (Å²) >= 11 is 5.85. The molecule has 6 nitrogen and oxygen atoms in total. The summed E-state index contributed by atoms with van der Waals surface area (Å²) in [5.74, 6) is -1.43. The summed E-state index contributed by atoms with van der Waals surface area (Å²) in [7, 11) is -3.77. The number of hydrogen-bond donors (Lipinski definition) is 2. The van der Waals surface area contributed by atoms with Gasteiger partial charge in [0, 0.05) is 6.54 Å². The Hall–Kier alpha value is -1.62. The highest BCUT2D eigenvalue weighted by Crippen LogP contribution is 2.22. The molecule has 114 valence electrons. The van der Waals surface area contributed by atoms with Crippen LogP contribution in [0.4, 0.5) is 0 Å². The molecule has 0 spiro atoms. The molecule has 0 amide bonds. The number of aliphatic carboxylic acids is 1. The van der Waals surface area contributed by atoms with E-state index in [0.29, 0.717) is 12.8 Å². The molecule has 1 aromatic carbocycles. The molecule has 1 rings (SSSR count).